The van der Waals surface area contributed by atoms with Crippen LogP contribution in [-0.2, 0) is 11.5 Å². The fraction of sp³-hybridized carbons (Fsp3) is 0.364. The van der Waals surface area contributed by atoms with Gasteiger partial charge in [0.15, 0.2) is 0 Å². The van der Waals surface area contributed by atoms with E-state index in [-0.39, 0.29) is 12.3 Å². The summed E-state index contributed by atoms with van der Waals surface area (Å²) in [5, 5.41) is 15.2. The standard InChI is InChI=1S/C11H14FN2O2/c1-2-13-11(16)14-10-4-3-8(5-6-15)7-9(10)12/h3-4,7H,2,5-6H2,1H3,(H2,13,14,16). The summed E-state index contributed by atoms with van der Waals surface area (Å²) in [5.41, 5.74) is 0.745. The van der Waals surface area contributed by atoms with Gasteiger partial charge in [-0.05, 0) is 31.0 Å². The monoisotopic (exact) mass is 225 g/mol. The highest BCUT2D eigenvalue weighted by atomic mass is 19.1. The van der Waals surface area contributed by atoms with E-state index in [4.69, 9.17) is 0 Å². The van der Waals surface area contributed by atoms with Crippen LogP contribution in [0.15, 0.2) is 18.2 Å². The fourth-order valence-corrected chi connectivity index (χ4v) is 1.26. The second-order valence-corrected chi connectivity index (χ2v) is 3.25. The number of hydrogen-bond acceptors (Lipinski definition) is 1. The highest BCUT2D eigenvalue weighted by Gasteiger charge is 2.06. The number of urea groups is 1. The number of hydrogen-bond donors (Lipinski definition) is 2. The molecule has 0 saturated carbocycles. The molecule has 4 nitrogen and oxygen atoms in total. The van der Waals surface area contributed by atoms with E-state index in [1.165, 1.54) is 12.1 Å². The lowest BCUT2D eigenvalue weighted by molar-refractivity contribution is 0.197. The van der Waals surface area contributed by atoms with Crippen molar-refractivity contribution in [3.05, 3.63) is 29.6 Å². The molecule has 1 aromatic carbocycles. The van der Waals surface area contributed by atoms with Gasteiger partial charge in [-0.15, -0.1) is 0 Å². The van der Waals surface area contributed by atoms with Gasteiger partial charge >= 0.3 is 6.03 Å². The van der Waals surface area contributed by atoms with Crippen LogP contribution >= 0.6 is 0 Å². The molecule has 0 bridgehead atoms. The first kappa shape index (κ1) is 12.4. The van der Waals surface area contributed by atoms with Gasteiger partial charge in [-0.1, -0.05) is 6.07 Å². The molecule has 0 heterocycles. The summed E-state index contributed by atoms with van der Waals surface area (Å²) in [6.07, 6.45) is 0.290. The Morgan fingerprint density at radius 2 is 2.19 bits per heavy atom. The predicted molar refractivity (Wildman–Crippen MR) is 58.4 cm³/mol. The molecule has 0 aromatic heterocycles. The summed E-state index contributed by atoms with van der Waals surface area (Å²) in [5.74, 6) is -0.530. The number of amides is 2. The molecule has 0 aliphatic carbocycles. The van der Waals surface area contributed by atoms with Crippen LogP contribution in [0.5, 0.6) is 0 Å². The average molecular weight is 225 g/mol. The number of anilines is 1. The molecule has 0 spiro atoms. The van der Waals surface area contributed by atoms with Crippen LogP contribution in [0.2, 0.25) is 0 Å². The van der Waals surface area contributed by atoms with Crippen molar-refractivity contribution in [2.45, 2.75) is 13.3 Å². The van der Waals surface area contributed by atoms with E-state index in [9.17, 15) is 14.3 Å². The molecule has 2 N–H and O–H groups in total. The Morgan fingerprint density at radius 1 is 1.44 bits per heavy atom. The lowest BCUT2D eigenvalue weighted by atomic mass is 10.1. The van der Waals surface area contributed by atoms with Gasteiger partial charge in [-0.3, -0.25) is 0 Å². The maximum absolute atomic E-state index is 13.4. The van der Waals surface area contributed by atoms with Crippen LogP contribution in [0.3, 0.4) is 0 Å². The summed E-state index contributed by atoms with van der Waals surface area (Å²) in [6.45, 7) is 1.97. The molecule has 1 rings (SSSR count). The Balaban J connectivity index is 2.71. The second-order valence-electron chi connectivity index (χ2n) is 3.25. The van der Waals surface area contributed by atoms with Crippen molar-refractivity contribution in [3.63, 3.8) is 0 Å². The fourth-order valence-electron chi connectivity index (χ4n) is 1.26. The van der Waals surface area contributed by atoms with Gasteiger partial charge in [0.1, 0.15) is 5.82 Å². The zero-order chi connectivity index (χ0) is 12.0. The van der Waals surface area contributed by atoms with E-state index in [1.807, 2.05) is 0 Å². The summed E-state index contributed by atoms with van der Waals surface area (Å²) >= 11 is 0. The molecule has 0 aliphatic rings. The lowest BCUT2D eigenvalue weighted by Crippen LogP contribution is -2.28. The van der Waals surface area contributed by atoms with Crippen LogP contribution in [-0.4, -0.2) is 19.2 Å². The topological polar surface area (TPSA) is 61.0 Å². The SMILES string of the molecule is CCNC(=O)Nc1ccc(CC[O])cc1F. The molecular formula is C11H14FN2O2. The molecule has 0 saturated heterocycles. The Bertz CT molecular complexity index is 369. The zero-order valence-electron chi connectivity index (χ0n) is 9.05. The van der Waals surface area contributed by atoms with Crippen molar-refractivity contribution in [2.24, 2.45) is 0 Å². The maximum Gasteiger partial charge on any atom is 0.319 e. The van der Waals surface area contributed by atoms with Crippen molar-refractivity contribution >= 4 is 11.7 Å². The molecule has 87 valence electrons. The van der Waals surface area contributed by atoms with E-state index in [0.29, 0.717) is 18.5 Å². The molecule has 0 aliphatic heterocycles. The minimum atomic E-state index is -0.530. The van der Waals surface area contributed by atoms with Gasteiger partial charge in [-0.25, -0.2) is 14.3 Å². The minimum absolute atomic E-state index is 0.112. The first-order valence-electron chi connectivity index (χ1n) is 5.08. The van der Waals surface area contributed by atoms with Gasteiger partial charge in [0.05, 0.1) is 12.3 Å². The van der Waals surface area contributed by atoms with Crippen LogP contribution in [0.1, 0.15) is 12.5 Å². The molecule has 5 heteroatoms. The van der Waals surface area contributed by atoms with Gasteiger partial charge < -0.3 is 10.6 Å². The smallest absolute Gasteiger partial charge is 0.319 e. The second kappa shape index (κ2) is 6.07. The van der Waals surface area contributed by atoms with Crippen molar-refractivity contribution < 1.29 is 14.3 Å². The first-order valence-corrected chi connectivity index (χ1v) is 5.08. The van der Waals surface area contributed by atoms with Crippen molar-refractivity contribution in [1.82, 2.24) is 5.32 Å². The Kier molecular flexibility index (Phi) is 4.72. The summed E-state index contributed by atoms with van der Waals surface area (Å²) in [7, 11) is 0. The quantitative estimate of drug-likeness (QED) is 0.808. The van der Waals surface area contributed by atoms with E-state index in [0.717, 1.165) is 0 Å². The Morgan fingerprint density at radius 3 is 2.75 bits per heavy atom. The lowest BCUT2D eigenvalue weighted by Gasteiger charge is -2.07. The maximum atomic E-state index is 13.4. The van der Waals surface area contributed by atoms with Gasteiger partial charge in [0.25, 0.3) is 0 Å². The van der Waals surface area contributed by atoms with Gasteiger partial charge in [-0.2, -0.15) is 0 Å². The molecule has 16 heavy (non-hydrogen) atoms. The van der Waals surface area contributed by atoms with E-state index >= 15 is 0 Å². The third-order valence-corrected chi connectivity index (χ3v) is 2.01. The Hall–Kier alpha value is -1.62. The van der Waals surface area contributed by atoms with Crippen molar-refractivity contribution in [1.29, 1.82) is 0 Å². The van der Waals surface area contributed by atoms with E-state index in [1.54, 1.807) is 13.0 Å². The van der Waals surface area contributed by atoms with Gasteiger partial charge in [0.2, 0.25) is 0 Å². The summed E-state index contributed by atoms with van der Waals surface area (Å²) in [4.78, 5) is 11.1. The number of rotatable bonds is 4. The number of halogens is 1. The highest BCUT2D eigenvalue weighted by Crippen LogP contribution is 2.15. The minimum Gasteiger partial charge on any atom is -0.338 e. The molecule has 2 amide bonds. The number of benzene rings is 1. The largest absolute Gasteiger partial charge is 0.338 e. The first-order chi connectivity index (χ1) is 7.67. The molecule has 1 aromatic rings. The van der Waals surface area contributed by atoms with Gasteiger partial charge in [0, 0.05) is 6.54 Å². The van der Waals surface area contributed by atoms with Crippen LogP contribution in [0, 0.1) is 5.82 Å². The normalized spacial score (nSPS) is 9.94. The number of nitrogens with one attached hydrogen (secondary N) is 2. The van der Waals surface area contributed by atoms with Crippen LogP contribution in [0.25, 0.3) is 0 Å². The number of carbonyl (C=O) groups is 1. The van der Waals surface area contributed by atoms with Crippen LogP contribution in [0.4, 0.5) is 14.9 Å². The van der Waals surface area contributed by atoms with E-state index < -0.39 is 11.8 Å². The predicted octanol–water partition coefficient (Wildman–Crippen LogP) is 1.94. The summed E-state index contributed by atoms with van der Waals surface area (Å²) in [6, 6.07) is 3.90. The summed E-state index contributed by atoms with van der Waals surface area (Å²) < 4.78 is 13.4. The molecule has 0 atom stereocenters. The number of carbonyl (C=O) groups excluding carboxylic acids is 1. The van der Waals surface area contributed by atoms with Crippen molar-refractivity contribution in [3.8, 4) is 0 Å². The Labute approximate surface area is 93.5 Å². The third kappa shape index (κ3) is 3.51. The van der Waals surface area contributed by atoms with Crippen molar-refractivity contribution in [2.75, 3.05) is 18.5 Å². The molecular weight excluding hydrogens is 211 g/mol. The highest BCUT2D eigenvalue weighted by molar-refractivity contribution is 5.89. The molecule has 1 radical (unpaired) electrons. The molecule has 0 fully saturated rings. The van der Waals surface area contributed by atoms with Crippen LogP contribution < -0.4 is 10.6 Å². The zero-order valence-corrected chi connectivity index (χ0v) is 9.05. The molecule has 0 unspecified atom stereocenters. The van der Waals surface area contributed by atoms with E-state index in [2.05, 4.69) is 10.6 Å². The average Bonchev–Trinajstić information content (AvgIpc) is 2.23. The third-order valence-electron chi connectivity index (χ3n) is 2.01.